The van der Waals surface area contributed by atoms with E-state index >= 15 is 0 Å². The molecule has 1 atom stereocenters. The van der Waals surface area contributed by atoms with Gasteiger partial charge in [-0.1, -0.05) is 13.8 Å². The normalized spacial score (nSPS) is 13.8. The molecule has 2 N–H and O–H groups in total. The van der Waals surface area contributed by atoms with Crippen molar-refractivity contribution in [3.63, 3.8) is 0 Å². The molecule has 0 radical (unpaired) electrons. The van der Waals surface area contributed by atoms with Gasteiger partial charge in [0, 0.05) is 44.2 Å². The molecule has 21 heavy (non-hydrogen) atoms. The van der Waals surface area contributed by atoms with Crippen LogP contribution in [0.5, 0.6) is 0 Å². The van der Waals surface area contributed by atoms with Crippen LogP contribution in [0.4, 0.5) is 0 Å². The molecule has 1 aromatic rings. The van der Waals surface area contributed by atoms with Gasteiger partial charge in [0.1, 0.15) is 0 Å². The second kappa shape index (κ2) is 7.93. The first kappa shape index (κ1) is 18.2. The third-order valence-electron chi connectivity index (χ3n) is 3.08. The average molecular weight is 317 g/mol. The fourth-order valence-electron chi connectivity index (χ4n) is 2.04. The van der Waals surface area contributed by atoms with E-state index < -0.39 is 10.0 Å². The Morgan fingerprint density at radius 2 is 2.00 bits per heavy atom. The standard InChI is InChI=1S/C14H27N3O3S/c1-6-17-9-14(7-13(17)8-15-11(2)3)21(18,19)16-12(4)10-20-5/h7,9,11-12,15-16H,6,8,10H2,1-5H3. The van der Waals surface area contributed by atoms with E-state index in [1.165, 1.54) is 0 Å². The van der Waals surface area contributed by atoms with Crippen LogP contribution in [0, 0.1) is 0 Å². The molecule has 0 fully saturated rings. The first-order valence-electron chi connectivity index (χ1n) is 7.23. The summed E-state index contributed by atoms with van der Waals surface area (Å²) < 4.78 is 34.2. The molecule has 0 spiro atoms. The van der Waals surface area contributed by atoms with Crippen molar-refractivity contribution in [2.45, 2.75) is 57.8 Å². The maximum absolute atomic E-state index is 12.3. The molecule has 1 heterocycles. The van der Waals surface area contributed by atoms with E-state index in [1.54, 1.807) is 26.3 Å². The van der Waals surface area contributed by atoms with Gasteiger partial charge < -0.3 is 14.6 Å². The monoisotopic (exact) mass is 317 g/mol. The molecular weight excluding hydrogens is 290 g/mol. The minimum atomic E-state index is -3.51. The van der Waals surface area contributed by atoms with Gasteiger partial charge in [0.05, 0.1) is 11.5 Å². The van der Waals surface area contributed by atoms with Crippen LogP contribution in [0.2, 0.25) is 0 Å². The van der Waals surface area contributed by atoms with Gasteiger partial charge in [0.15, 0.2) is 0 Å². The predicted octanol–water partition coefficient (Wildman–Crippen LogP) is 1.32. The zero-order valence-electron chi connectivity index (χ0n) is 13.5. The van der Waals surface area contributed by atoms with Crippen molar-refractivity contribution in [1.29, 1.82) is 0 Å². The Balaban J connectivity index is 2.92. The average Bonchev–Trinajstić information content (AvgIpc) is 2.79. The summed E-state index contributed by atoms with van der Waals surface area (Å²) in [6.07, 6.45) is 1.68. The SMILES string of the molecule is CCn1cc(S(=O)(=O)NC(C)COC)cc1CNC(C)C. The predicted molar refractivity (Wildman–Crippen MR) is 83.7 cm³/mol. The van der Waals surface area contributed by atoms with Gasteiger partial charge in [-0.15, -0.1) is 0 Å². The molecule has 1 rings (SSSR count). The summed E-state index contributed by atoms with van der Waals surface area (Å²) in [4.78, 5) is 0.299. The number of nitrogens with zero attached hydrogens (tertiary/aromatic N) is 1. The fourth-order valence-corrected chi connectivity index (χ4v) is 3.33. The van der Waals surface area contributed by atoms with E-state index in [0.29, 0.717) is 24.1 Å². The molecule has 0 aromatic carbocycles. The highest BCUT2D eigenvalue weighted by Crippen LogP contribution is 2.15. The van der Waals surface area contributed by atoms with Crippen LogP contribution in [0.3, 0.4) is 0 Å². The van der Waals surface area contributed by atoms with E-state index in [-0.39, 0.29) is 6.04 Å². The van der Waals surface area contributed by atoms with Crippen LogP contribution < -0.4 is 10.0 Å². The minimum Gasteiger partial charge on any atom is -0.383 e. The molecule has 1 unspecified atom stereocenters. The van der Waals surface area contributed by atoms with E-state index in [1.807, 2.05) is 11.5 Å². The maximum atomic E-state index is 12.3. The quantitative estimate of drug-likeness (QED) is 0.720. The second-order valence-corrected chi connectivity index (χ2v) is 7.18. The van der Waals surface area contributed by atoms with Crippen LogP contribution >= 0.6 is 0 Å². The summed E-state index contributed by atoms with van der Waals surface area (Å²) in [6.45, 7) is 9.62. The molecule has 0 saturated carbocycles. The molecule has 0 aliphatic heterocycles. The summed E-state index contributed by atoms with van der Waals surface area (Å²) >= 11 is 0. The number of aryl methyl sites for hydroxylation is 1. The van der Waals surface area contributed by atoms with Crippen molar-refractivity contribution < 1.29 is 13.2 Å². The van der Waals surface area contributed by atoms with Gasteiger partial charge in [-0.05, 0) is 19.9 Å². The molecule has 122 valence electrons. The van der Waals surface area contributed by atoms with Crippen LogP contribution in [-0.2, 0) is 27.8 Å². The molecule has 0 aliphatic rings. The number of aromatic nitrogens is 1. The highest BCUT2D eigenvalue weighted by molar-refractivity contribution is 7.89. The van der Waals surface area contributed by atoms with Crippen LogP contribution in [-0.4, -0.2) is 38.8 Å². The lowest BCUT2D eigenvalue weighted by Gasteiger charge is -2.12. The molecule has 0 saturated heterocycles. The topological polar surface area (TPSA) is 72.4 Å². The Bertz CT molecular complexity index is 538. The molecule has 0 bridgehead atoms. The zero-order chi connectivity index (χ0) is 16.0. The Kier molecular flexibility index (Phi) is 6.86. The number of hydrogen-bond acceptors (Lipinski definition) is 4. The number of rotatable bonds is 9. The Morgan fingerprint density at radius 1 is 1.33 bits per heavy atom. The molecule has 0 aliphatic carbocycles. The summed E-state index contributed by atoms with van der Waals surface area (Å²) in [6, 6.07) is 1.81. The Morgan fingerprint density at radius 3 is 2.52 bits per heavy atom. The number of sulfonamides is 1. The van der Waals surface area contributed by atoms with Gasteiger partial charge in [-0.3, -0.25) is 0 Å². The van der Waals surface area contributed by atoms with Crippen LogP contribution in [0.1, 0.15) is 33.4 Å². The van der Waals surface area contributed by atoms with Crippen LogP contribution in [0.25, 0.3) is 0 Å². The summed E-state index contributed by atoms with van der Waals surface area (Å²) in [5.41, 5.74) is 0.964. The Hall–Kier alpha value is -0.890. The van der Waals surface area contributed by atoms with Crippen molar-refractivity contribution in [3.05, 3.63) is 18.0 Å². The maximum Gasteiger partial charge on any atom is 0.242 e. The molecule has 6 nitrogen and oxygen atoms in total. The minimum absolute atomic E-state index is 0.262. The highest BCUT2D eigenvalue weighted by Gasteiger charge is 2.20. The number of methoxy groups -OCH3 is 1. The lowest BCUT2D eigenvalue weighted by Crippen LogP contribution is -2.35. The van der Waals surface area contributed by atoms with E-state index in [0.717, 1.165) is 12.2 Å². The van der Waals surface area contributed by atoms with Crippen LogP contribution in [0.15, 0.2) is 17.2 Å². The third-order valence-corrected chi connectivity index (χ3v) is 4.63. The van der Waals surface area contributed by atoms with Gasteiger partial charge in [0.2, 0.25) is 10.0 Å². The van der Waals surface area contributed by atoms with E-state index in [4.69, 9.17) is 4.74 Å². The van der Waals surface area contributed by atoms with E-state index in [9.17, 15) is 8.42 Å². The van der Waals surface area contributed by atoms with Crippen molar-refractivity contribution in [2.24, 2.45) is 0 Å². The second-order valence-electron chi connectivity index (χ2n) is 5.47. The largest absolute Gasteiger partial charge is 0.383 e. The highest BCUT2D eigenvalue weighted by atomic mass is 32.2. The number of ether oxygens (including phenoxy) is 1. The van der Waals surface area contributed by atoms with Crippen molar-refractivity contribution in [3.8, 4) is 0 Å². The summed E-state index contributed by atoms with van der Waals surface area (Å²) in [5.74, 6) is 0. The molecular formula is C14H27N3O3S. The first-order chi connectivity index (χ1) is 9.80. The number of nitrogens with one attached hydrogen (secondary N) is 2. The fraction of sp³-hybridized carbons (Fsp3) is 0.714. The lowest BCUT2D eigenvalue weighted by atomic mass is 10.3. The Labute approximate surface area is 127 Å². The molecule has 0 amide bonds. The van der Waals surface area contributed by atoms with Crippen molar-refractivity contribution in [1.82, 2.24) is 14.6 Å². The summed E-state index contributed by atoms with van der Waals surface area (Å²) in [5, 5.41) is 3.31. The van der Waals surface area contributed by atoms with Gasteiger partial charge >= 0.3 is 0 Å². The van der Waals surface area contributed by atoms with Crippen molar-refractivity contribution >= 4 is 10.0 Å². The lowest BCUT2D eigenvalue weighted by molar-refractivity contribution is 0.180. The number of hydrogen-bond donors (Lipinski definition) is 2. The zero-order valence-corrected chi connectivity index (χ0v) is 14.3. The smallest absolute Gasteiger partial charge is 0.242 e. The van der Waals surface area contributed by atoms with Gasteiger partial charge in [-0.2, -0.15) is 0 Å². The summed E-state index contributed by atoms with van der Waals surface area (Å²) in [7, 11) is -1.96. The van der Waals surface area contributed by atoms with Gasteiger partial charge in [0.25, 0.3) is 0 Å². The van der Waals surface area contributed by atoms with E-state index in [2.05, 4.69) is 23.9 Å². The molecule has 7 heteroatoms. The third kappa shape index (κ3) is 5.43. The van der Waals surface area contributed by atoms with Crippen molar-refractivity contribution in [2.75, 3.05) is 13.7 Å². The van der Waals surface area contributed by atoms with Gasteiger partial charge in [-0.25, -0.2) is 13.1 Å². The molecule has 1 aromatic heterocycles. The first-order valence-corrected chi connectivity index (χ1v) is 8.72.